The van der Waals surface area contributed by atoms with Crippen LogP contribution in [0.5, 0.6) is 17.2 Å². The molecule has 1 aliphatic rings. The van der Waals surface area contributed by atoms with Gasteiger partial charge in [-0.25, -0.2) is 4.68 Å². The number of carbonyl (C=O) groups excluding carboxylic acids is 1. The van der Waals surface area contributed by atoms with E-state index in [1.807, 2.05) is 0 Å². The molecule has 0 aliphatic carbocycles. The van der Waals surface area contributed by atoms with Gasteiger partial charge in [-0.3, -0.25) is 4.79 Å². The van der Waals surface area contributed by atoms with Crippen LogP contribution in [-0.2, 0) is 0 Å². The van der Waals surface area contributed by atoms with Crippen molar-refractivity contribution in [1.82, 2.24) is 9.78 Å². The molecule has 0 unspecified atom stereocenters. The number of anilines is 2. The van der Waals surface area contributed by atoms with Gasteiger partial charge < -0.3 is 24.8 Å². The van der Waals surface area contributed by atoms with Gasteiger partial charge in [0.1, 0.15) is 17.1 Å². The van der Waals surface area contributed by atoms with Crippen LogP contribution in [0.15, 0.2) is 48.7 Å². The number of rotatable bonds is 6. The number of methoxy groups -OCH3 is 3. The molecule has 2 N–H and O–H groups in total. The SMILES string of the molecule is COc1cccc([C@H]2C[C@H](C(F)(F)F)n3ncc(C(=O)Nc4ccc(OC)c(OC)c4)c3N2)c1. The van der Waals surface area contributed by atoms with E-state index < -0.39 is 24.2 Å². The molecular formula is C23H23F3N4O4. The Bertz CT molecular complexity index is 1200. The van der Waals surface area contributed by atoms with Crippen molar-refractivity contribution in [2.75, 3.05) is 32.0 Å². The third kappa shape index (κ3) is 4.45. The zero-order valence-corrected chi connectivity index (χ0v) is 18.6. The van der Waals surface area contributed by atoms with E-state index in [1.165, 1.54) is 21.3 Å². The molecule has 34 heavy (non-hydrogen) atoms. The van der Waals surface area contributed by atoms with Crippen molar-refractivity contribution in [3.63, 3.8) is 0 Å². The number of nitrogens with zero attached hydrogens (tertiary/aromatic N) is 2. The fourth-order valence-corrected chi connectivity index (χ4v) is 3.92. The Morgan fingerprint density at radius 3 is 2.53 bits per heavy atom. The van der Waals surface area contributed by atoms with Gasteiger partial charge in [0.15, 0.2) is 17.5 Å². The zero-order chi connectivity index (χ0) is 24.5. The highest BCUT2D eigenvalue weighted by atomic mass is 19.4. The van der Waals surface area contributed by atoms with Gasteiger partial charge in [-0.2, -0.15) is 18.3 Å². The molecule has 1 aliphatic heterocycles. The Labute approximate surface area is 193 Å². The lowest BCUT2D eigenvalue weighted by Gasteiger charge is -2.34. The van der Waals surface area contributed by atoms with E-state index in [0.29, 0.717) is 28.5 Å². The van der Waals surface area contributed by atoms with Crippen molar-refractivity contribution in [2.45, 2.75) is 24.7 Å². The number of benzene rings is 2. The van der Waals surface area contributed by atoms with E-state index in [-0.39, 0.29) is 17.8 Å². The highest BCUT2D eigenvalue weighted by Gasteiger charge is 2.47. The summed E-state index contributed by atoms with van der Waals surface area (Å²) in [5.41, 5.74) is 0.971. The lowest BCUT2D eigenvalue weighted by atomic mass is 9.96. The van der Waals surface area contributed by atoms with Crippen molar-refractivity contribution in [1.29, 1.82) is 0 Å². The lowest BCUT2D eigenvalue weighted by Crippen LogP contribution is -2.36. The smallest absolute Gasteiger partial charge is 0.410 e. The van der Waals surface area contributed by atoms with Gasteiger partial charge in [0, 0.05) is 18.2 Å². The molecule has 2 atom stereocenters. The molecule has 1 aromatic heterocycles. The van der Waals surface area contributed by atoms with Gasteiger partial charge in [-0.05, 0) is 29.8 Å². The summed E-state index contributed by atoms with van der Waals surface area (Å²) in [6.45, 7) is 0. The molecule has 0 saturated carbocycles. The normalized spacial score (nSPS) is 17.4. The Hall–Kier alpha value is -3.89. The maximum Gasteiger partial charge on any atom is 0.410 e. The molecule has 0 spiro atoms. The maximum atomic E-state index is 13.9. The van der Waals surface area contributed by atoms with Crippen LogP contribution in [0.2, 0.25) is 0 Å². The predicted molar refractivity (Wildman–Crippen MR) is 119 cm³/mol. The summed E-state index contributed by atoms with van der Waals surface area (Å²) in [5, 5.41) is 9.63. The Balaban J connectivity index is 1.67. The molecule has 0 saturated heterocycles. The average Bonchev–Trinajstić information content (AvgIpc) is 3.26. The van der Waals surface area contributed by atoms with E-state index in [0.717, 1.165) is 10.9 Å². The summed E-state index contributed by atoms with van der Waals surface area (Å²) >= 11 is 0. The second-order valence-corrected chi connectivity index (χ2v) is 7.64. The topological polar surface area (TPSA) is 86.6 Å². The van der Waals surface area contributed by atoms with E-state index >= 15 is 0 Å². The minimum absolute atomic E-state index is 0.0145. The molecule has 4 rings (SSSR count). The van der Waals surface area contributed by atoms with Crippen LogP contribution in [-0.4, -0.2) is 43.2 Å². The van der Waals surface area contributed by atoms with Crippen molar-refractivity contribution < 1.29 is 32.2 Å². The summed E-state index contributed by atoms with van der Waals surface area (Å²) in [6, 6.07) is 8.94. The largest absolute Gasteiger partial charge is 0.497 e. The Morgan fingerprint density at radius 2 is 1.85 bits per heavy atom. The van der Waals surface area contributed by atoms with E-state index in [1.54, 1.807) is 42.5 Å². The fourth-order valence-electron chi connectivity index (χ4n) is 3.92. The van der Waals surface area contributed by atoms with Gasteiger partial charge in [-0.1, -0.05) is 12.1 Å². The lowest BCUT2D eigenvalue weighted by molar-refractivity contribution is -0.173. The van der Waals surface area contributed by atoms with Crippen molar-refractivity contribution >= 4 is 17.4 Å². The molecule has 8 nitrogen and oxygen atoms in total. The first-order valence-electron chi connectivity index (χ1n) is 10.3. The number of aromatic nitrogens is 2. The first kappa shape index (κ1) is 23.3. The highest BCUT2D eigenvalue weighted by Crippen LogP contribution is 2.44. The number of halogens is 3. The number of amides is 1. The molecule has 11 heteroatoms. The number of nitrogens with one attached hydrogen (secondary N) is 2. The quantitative estimate of drug-likeness (QED) is 0.531. The second kappa shape index (κ2) is 9.16. The van der Waals surface area contributed by atoms with Crippen LogP contribution in [0.3, 0.4) is 0 Å². The summed E-state index contributed by atoms with van der Waals surface area (Å²) in [7, 11) is 4.42. The van der Waals surface area contributed by atoms with E-state index in [9.17, 15) is 18.0 Å². The average molecular weight is 476 g/mol. The first-order valence-corrected chi connectivity index (χ1v) is 10.3. The molecule has 0 radical (unpaired) electrons. The highest BCUT2D eigenvalue weighted by molar-refractivity contribution is 6.07. The summed E-state index contributed by atoms with van der Waals surface area (Å²) in [4.78, 5) is 13.0. The van der Waals surface area contributed by atoms with Gasteiger partial charge in [0.2, 0.25) is 0 Å². The van der Waals surface area contributed by atoms with Gasteiger partial charge >= 0.3 is 6.18 Å². The Morgan fingerprint density at radius 1 is 1.09 bits per heavy atom. The van der Waals surface area contributed by atoms with Crippen LogP contribution in [0.4, 0.5) is 24.7 Å². The van der Waals surface area contributed by atoms with E-state index in [4.69, 9.17) is 14.2 Å². The number of ether oxygens (including phenoxy) is 3. The standard InChI is InChI=1S/C23H23F3N4O4/c1-32-15-6-4-5-13(9-15)17-11-20(23(24,25)26)30-21(29-17)16(12-27-30)22(31)28-14-7-8-18(33-2)19(10-14)34-3/h4-10,12,17,20,29H,11H2,1-3H3,(H,28,31)/t17-,20-/m1/s1. The zero-order valence-electron chi connectivity index (χ0n) is 18.6. The van der Waals surface area contributed by atoms with Crippen molar-refractivity contribution in [3.8, 4) is 17.2 Å². The van der Waals surface area contributed by atoms with Crippen LogP contribution >= 0.6 is 0 Å². The fraction of sp³-hybridized carbons (Fsp3) is 0.304. The van der Waals surface area contributed by atoms with Crippen LogP contribution in [0.25, 0.3) is 0 Å². The summed E-state index contributed by atoms with van der Waals surface area (Å²) in [6.07, 6.45) is -3.72. The number of carbonyl (C=O) groups is 1. The third-order valence-corrected chi connectivity index (χ3v) is 5.62. The van der Waals surface area contributed by atoms with Crippen LogP contribution in [0, 0.1) is 0 Å². The number of hydrogen-bond acceptors (Lipinski definition) is 6. The number of hydrogen-bond donors (Lipinski definition) is 2. The second-order valence-electron chi connectivity index (χ2n) is 7.64. The minimum atomic E-state index is -4.56. The van der Waals surface area contributed by atoms with Gasteiger partial charge in [0.25, 0.3) is 5.91 Å². The Kier molecular flexibility index (Phi) is 6.27. The molecule has 1 amide bonds. The minimum Gasteiger partial charge on any atom is -0.497 e. The van der Waals surface area contributed by atoms with Crippen LogP contribution < -0.4 is 24.8 Å². The number of fused-ring (bicyclic) bond motifs is 1. The van der Waals surface area contributed by atoms with Crippen molar-refractivity contribution in [2.24, 2.45) is 0 Å². The molecular weight excluding hydrogens is 453 g/mol. The molecule has 0 fully saturated rings. The van der Waals surface area contributed by atoms with E-state index in [2.05, 4.69) is 15.7 Å². The third-order valence-electron chi connectivity index (χ3n) is 5.62. The molecule has 2 aromatic carbocycles. The predicted octanol–water partition coefficient (Wildman–Crippen LogP) is 4.82. The molecule has 3 aromatic rings. The molecule has 0 bridgehead atoms. The van der Waals surface area contributed by atoms with Crippen molar-refractivity contribution in [3.05, 3.63) is 59.8 Å². The molecule has 180 valence electrons. The first-order chi connectivity index (χ1) is 16.2. The molecule has 2 heterocycles. The van der Waals surface area contributed by atoms with Gasteiger partial charge in [-0.15, -0.1) is 0 Å². The monoisotopic (exact) mass is 476 g/mol. The number of alkyl halides is 3. The van der Waals surface area contributed by atoms with Crippen LogP contribution in [0.1, 0.15) is 34.4 Å². The van der Waals surface area contributed by atoms with Gasteiger partial charge in [0.05, 0.1) is 33.6 Å². The summed E-state index contributed by atoms with van der Waals surface area (Å²) in [5.74, 6) is 0.755. The summed E-state index contributed by atoms with van der Waals surface area (Å²) < 4.78 is 58.2. The maximum absolute atomic E-state index is 13.9.